The summed E-state index contributed by atoms with van der Waals surface area (Å²) in [6.07, 6.45) is 1.07. The SMILES string of the molecule is CCCNCCNC(=O)c1ccc(NC(=O)c2ccccc2)cc1.Cl. The summed E-state index contributed by atoms with van der Waals surface area (Å²) < 4.78 is 0. The number of carbonyl (C=O) groups excluding carboxylic acids is 2. The summed E-state index contributed by atoms with van der Waals surface area (Å²) in [5.41, 5.74) is 1.83. The molecular weight excluding hydrogens is 338 g/mol. The Morgan fingerprint density at radius 1 is 0.800 bits per heavy atom. The van der Waals surface area contributed by atoms with Gasteiger partial charge in [0.1, 0.15) is 0 Å². The average Bonchev–Trinajstić information content (AvgIpc) is 2.62. The van der Waals surface area contributed by atoms with Crippen LogP contribution in [0.25, 0.3) is 0 Å². The van der Waals surface area contributed by atoms with E-state index in [4.69, 9.17) is 0 Å². The second kappa shape index (κ2) is 11.2. The van der Waals surface area contributed by atoms with E-state index >= 15 is 0 Å². The van der Waals surface area contributed by atoms with Crippen molar-refractivity contribution in [3.05, 3.63) is 65.7 Å². The zero-order valence-corrected chi connectivity index (χ0v) is 15.1. The van der Waals surface area contributed by atoms with Crippen molar-refractivity contribution in [2.24, 2.45) is 0 Å². The Bertz CT molecular complexity index is 660. The van der Waals surface area contributed by atoms with Crippen molar-refractivity contribution in [1.82, 2.24) is 10.6 Å². The molecule has 0 saturated carbocycles. The third-order valence-corrected chi connectivity index (χ3v) is 3.46. The van der Waals surface area contributed by atoms with Crippen LogP contribution >= 0.6 is 12.4 Å². The lowest BCUT2D eigenvalue weighted by molar-refractivity contribution is 0.0953. The Balaban J connectivity index is 0.00000312. The Hall–Kier alpha value is -2.37. The molecule has 2 aromatic rings. The van der Waals surface area contributed by atoms with Crippen LogP contribution in [0.2, 0.25) is 0 Å². The minimum Gasteiger partial charge on any atom is -0.351 e. The van der Waals surface area contributed by atoms with Crippen molar-refractivity contribution >= 4 is 29.9 Å². The molecular formula is C19H24ClN3O2. The summed E-state index contributed by atoms with van der Waals surface area (Å²) in [5.74, 6) is -0.288. The highest BCUT2D eigenvalue weighted by Crippen LogP contribution is 2.11. The monoisotopic (exact) mass is 361 g/mol. The van der Waals surface area contributed by atoms with E-state index in [1.807, 2.05) is 18.2 Å². The standard InChI is InChI=1S/C19H23N3O2.ClH/c1-2-12-20-13-14-21-18(23)16-8-10-17(11-9-16)22-19(24)15-6-4-3-5-7-15;/h3-11,20H,2,12-14H2,1H3,(H,21,23)(H,22,24);1H. The summed E-state index contributed by atoms with van der Waals surface area (Å²) in [6, 6.07) is 15.9. The lowest BCUT2D eigenvalue weighted by atomic mass is 10.1. The number of nitrogens with one attached hydrogen (secondary N) is 3. The van der Waals surface area contributed by atoms with E-state index in [9.17, 15) is 9.59 Å². The summed E-state index contributed by atoms with van der Waals surface area (Å²) >= 11 is 0. The summed E-state index contributed by atoms with van der Waals surface area (Å²) in [7, 11) is 0. The molecule has 2 aromatic carbocycles. The van der Waals surface area contributed by atoms with Crippen LogP contribution in [0.5, 0.6) is 0 Å². The third-order valence-electron chi connectivity index (χ3n) is 3.46. The molecule has 0 bridgehead atoms. The van der Waals surface area contributed by atoms with Crippen LogP contribution in [-0.4, -0.2) is 31.4 Å². The van der Waals surface area contributed by atoms with Crippen LogP contribution in [0.3, 0.4) is 0 Å². The van der Waals surface area contributed by atoms with Crippen molar-refractivity contribution in [2.75, 3.05) is 25.0 Å². The van der Waals surface area contributed by atoms with Gasteiger partial charge in [-0.05, 0) is 49.4 Å². The Morgan fingerprint density at radius 2 is 1.44 bits per heavy atom. The lowest BCUT2D eigenvalue weighted by Crippen LogP contribution is -2.32. The number of halogens is 1. The normalized spacial score (nSPS) is 9.80. The van der Waals surface area contributed by atoms with Crippen LogP contribution < -0.4 is 16.0 Å². The van der Waals surface area contributed by atoms with Crippen molar-refractivity contribution in [3.63, 3.8) is 0 Å². The van der Waals surface area contributed by atoms with Gasteiger partial charge >= 0.3 is 0 Å². The largest absolute Gasteiger partial charge is 0.351 e. The van der Waals surface area contributed by atoms with Crippen molar-refractivity contribution in [3.8, 4) is 0 Å². The smallest absolute Gasteiger partial charge is 0.255 e. The molecule has 5 nitrogen and oxygen atoms in total. The van der Waals surface area contributed by atoms with Gasteiger partial charge < -0.3 is 16.0 Å². The van der Waals surface area contributed by atoms with E-state index in [0.29, 0.717) is 23.4 Å². The fourth-order valence-electron chi connectivity index (χ4n) is 2.17. The number of amides is 2. The quantitative estimate of drug-likeness (QED) is 0.633. The number of benzene rings is 2. The molecule has 134 valence electrons. The topological polar surface area (TPSA) is 70.2 Å². The van der Waals surface area contributed by atoms with Gasteiger partial charge in [0, 0.05) is 29.9 Å². The molecule has 0 aliphatic carbocycles. The van der Waals surface area contributed by atoms with E-state index in [0.717, 1.165) is 19.5 Å². The fraction of sp³-hybridized carbons (Fsp3) is 0.263. The third kappa shape index (κ3) is 6.95. The van der Waals surface area contributed by atoms with Gasteiger partial charge in [0.15, 0.2) is 0 Å². The highest BCUT2D eigenvalue weighted by atomic mass is 35.5. The van der Waals surface area contributed by atoms with Gasteiger partial charge in [-0.1, -0.05) is 25.1 Å². The van der Waals surface area contributed by atoms with E-state index < -0.39 is 0 Å². The van der Waals surface area contributed by atoms with Gasteiger partial charge in [0.2, 0.25) is 0 Å². The molecule has 0 atom stereocenters. The number of anilines is 1. The van der Waals surface area contributed by atoms with Crippen molar-refractivity contribution in [2.45, 2.75) is 13.3 Å². The first-order valence-corrected chi connectivity index (χ1v) is 8.16. The van der Waals surface area contributed by atoms with Crippen molar-refractivity contribution in [1.29, 1.82) is 0 Å². The first-order valence-electron chi connectivity index (χ1n) is 8.16. The first kappa shape index (κ1) is 20.7. The Kier molecular flexibility index (Phi) is 9.29. The molecule has 0 aliphatic heterocycles. The molecule has 0 aromatic heterocycles. The number of hydrogen-bond donors (Lipinski definition) is 3. The van der Waals surface area contributed by atoms with Crippen LogP contribution in [0.1, 0.15) is 34.1 Å². The molecule has 3 N–H and O–H groups in total. The number of rotatable bonds is 8. The maximum Gasteiger partial charge on any atom is 0.255 e. The van der Waals surface area contributed by atoms with Crippen LogP contribution in [0, 0.1) is 0 Å². The average molecular weight is 362 g/mol. The highest BCUT2D eigenvalue weighted by molar-refractivity contribution is 6.04. The summed E-state index contributed by atoms with van der Waals surface area (Å²) in [6.45, 7) is 4.39. The Morgan fingerprint density at radius 3 is 2.08 bits per heavy atom. The van der Waals surface area contributed by atoms with E-state index in [-0.39, 0.29) is 24.2 Å². The minimum absolute atomic E-state index is 0. The predicted molar refractivity (Wildman–Crippen MR) is 104 cm³/mol. The zero-order valence-electron chi connectivity index (χ0n) is 14.2. The van der Waals surface area contributed by atoms with E-state index in [2.05, 4.69) is 22.9 Å². The predicted octanol–water partition coefficient (Wildman–Crippen LogP) is 3.09. The molecule has 0 unspecified atom stereocenters. The van der Waals surface area contributed by atoms with E-state index in [1.165, 1.54) is 0 Å². The molecule has 0 aliphatic rings. The van der Waals surface area contributed by atoms with Gasteiger partial charge in [-0.3, -0.25) is 9.59 Å². The molecule has 0 saturated heterocycles. The van der Waals surface area contributed by atoms with E-state index in [1.54, 1.807) is 36.4 Å². The molecule has 2 rings (SSSR count). The maximum atomic E-state index is 12.1. The van der Waals surface area contributed by atoms with Crippen LogP contribution in [0.15, 0.2) is 54.6 Å². The molecule has 0 spiro atoms. The zero-order chi connectivity index (χ0) is 17.2. The Labute approximate surface area is 154 Å². The molecule has 6 heteroatoms. The molecule has 2 amide bonds. The van der Waals surface area contributed by atoms with Gasteiger partial charge in [0.25, 0.3) is 11.8 Å². The summed E-state index contributed by atoms with van der Waals surface area (Å²) in [4.78, 5) is 24.1. The number of carbonyl (C=O) groups is 2. The van der Waals surface area contributed by atoms with Gasteiger partial charge in [-0.15, -0.1) is 12.4 Å². The van der Waals surface area contributed by atoms with Gasteiger partial charge in [0.05, 0.1) is 0 Å². The molecule has 0 fully saturated rings. The summed E-state index contributed by atoms with van der Waals surface area (Å²) in [5, 5.41) is 8.89. The number of hydrogen-bond acceptors (Lipinski definition) is 3. The van der Waals surface area contributed by atoms with Gasteiger partial charge in [-0.2, -0.15) is 0 Å². The van der Waals surface area contributed by atoms with Crippen LogP contribution in [0.4, 0.5) is 5.69 Å². The second-order valence-corrected chi connectivity index (χ2v) is 5.40. The maximum absolute atomic E-state index is 12.1. The minimum atomic E-state index is -0.171. The highest BCUT2D eigenvalue weighted by Gasteiger charge is 2.07. The first-order chi connectivity index (χ1) is 11.7. The molecule has 25 heavy (non-hydrogen) atoms. The second-order valence-electron chi connectivity index (χ2n) is 5.40. The van der Waals surface area contributed by atoms with Crippen molar-refractivity contribution < 1.29 is 9.59 Å². The lowest BCUT2D eigenvalue weighted by Gasteiger charge is -2.08. The molecule has 0 radical (unpaired) electrons. The van der Waals surface area contributed by atoms with Gasteiger partial charge in [-0.25, -0.2) is 0 Å². The van der Waals surface area contributed by atoms with Crippen LogP contribution in [-0.2, 0) is 0 Å². The molecule has 0 heterocycles. The fourth-order valence-corrected chi connectivity index (χ4v) is 2.17.